The van der Waals surface area contributed by atoms with Crippen molar-refractivity contribution >= 4 is 11.9 Å². The van der Waals surface area contributed by atoms with E-state index in [1.807, 2.05) is 6.07 Å². The number of carbonyl (C=O) groups excluding carboxylic acids is 2. The van der Waals surface area contributed by atoms with E-state index in [4.69, 9.17) is 14.2 Å². The lowest BCUT2D eigenvalue weighted by Gasteiger charge is -2.26. The third-order valence-corrected chi connectivity index (χ3v) is 3.53. The molecule has 1 atom stereocenters. The standard InChI is InChI=1S/C18H15F2NO5/c19-12-5-11(6-13(20)7-12)18(23)25-10-17(22)21-8-14-9-24-15-3-1-2-4-16(15)26-14/h1-7,14H,8-10H2,(H,21,22)/t14-/m1/s1. The van der Waals surface area contributed by atoms with Crippen molar-refractivity contribution in [3.05, 3.63) is 59.7 Å². The van der Waals surface area contributed by atoms with E-state index in [0.717, 1.165) is 12.1 Å². The second-order valence-electron chi connectivity index (χ2n) is 5.54. The van der Waals surface area contributed by atoms with Crippen LogP contribution in [-0.4, -0.2) is 37.7 Å². The van der Waals surface area contributed by atoms with Gasteiger partial charge in [-0.15, -0.1) is 0 Å². The molecule has 2 aromatic rings. The number of fused-ring (bicyclic) bond motifs is 1. The number of ether oxygens (including phenoxy) is 3. The molecule has 0 spiro atoms. The van der Waals surface area contributed by atoms with Gasteiger partial charge in [0, 0.05) is 6.07 Å². The summed E-state index contributed by atoms with van der Waals surface area (Å²) >= 11 is 0. The molecule has 0 saturated heterocycles. The summed E-state index contributed by atoms with van der Waals surface area (Å²) in [5, 5.41) is 2.54. The molecule has 1 aliphatic rings. The fraction of sp³-hybridized carbons (Fsp3) is 0.222. The van der Waals surface area contributed by atoms with Crippen LogP contribution >= 0.6 is 0 Å². The van der Waals surface area contributed by atoms with Crippen molar-refractivity contribution in [2.24, 2.45) is 0 Å². The van der Waals surface area contributed by atoms with Gasteiger partial charge in [0.1, 0.15) is 24.3 Å². The van der Waals surface area contributed by atoms with E-state index in [-0.39, 0.29) is 24.8 Å². The molecule has 1 aliphatic heterocycles. The molecular formula is C18H15F2NO5. The Labute approximate surface area is 147 Å². The average Bonchev–Trinajstić information content (AvgIpc) is 2.63. The van der Waals surface area contributed by atoms with Crippen LogP contribution < -0.4 is 14.8 Å². The molecule has 0 aromatic heterocycles. The Bertz CT molecular complexity index is 807. The van der Waals surface area contributed by atoms with Crippen molar-refractivity contribution in [1.82, 2.24) is 5.32 Å². The van der Waals surface area contributed by atoms with Gasteiger partial charge in [0.2, 0.25) is 0 Å². The molecule has 3 rings (SSSR count). The Morgan fingerprint density at radius 2 is 1.81 bits per heavy atom. The number of halogens is 2. The molecule has 1 heterocycles. The van der Waals surface area contributed by atoms with Crippen LogP contribution in [0, 0.1) is 11.6 Å². The van der Waals surface area contributed by atoms with Crippen LogP contribution in [0.25, 0.3) is 0 Å². The molecule has 26 heavy (non-hydrogen) atoms. The average molecular weight is 363 g/mol. The van der Waals surface area contributed by atoms with Crippen molar-refractivity contribution in [2.75, 3.05) is 19.8 Å². The first kappa shape index (κ1) is 17.7. The van der Waals surface area contributed by atoms with E-state index in [2.05, 4.69) is 5.32 Å². The lowest BCUT2D eigenvalue weighted by atomic mass is 10.2. The Morgan fingerprint density at radius 3 is 2.54 bits per heavy atom. The number of hydrogen-bond acceptors (Lipinski definition) is 5. The first-order valence-electron chi connectivity index (χ1n) is 7.79. The smallest absolute Gasteiger partial charge is 0.338 e. The molecular weight excluding hydrogens is 348 g/mol. The Hall–Kier alpha value is -3.16. The van der Waals surface area contributed by atoms with E-state index in [0.29, 0.717) is 17.6 Å². The number of hydrogen-bond donors (Lipinski definition) is 1. The molecule has 6 nitrogen and oxygen atoms in total. The van der Waals surface area contributed by atoms with Gasteiger partial charge in [-0.2, -0.15) is 0 Å². The predicted molar refractivity (Wildman–Crippen MR) is 86.0 cm³/mol. The quantitative estimate of drug-likeness (QED) is 0.824. The summed E-state index contributed by atoms with van der Waals surface area (Å²) in [5.74, 6) is -2.17. The van der Waals surface area contributed by atoms with E-state index in [9.17, 15) is 18.4 Å². The molecule has 0 aliphatic carbocycles. The number of amides is 1. The minimum absolute atomic E-state index is 0.152. The molecule has 0 fully saturated rings. The molecule has 1 N–H and O–H groups in total. The first-order valence-corrected chi connectivity index (χ1v) is 7.79. The number of esters is 1. The van der Waals surface area contributed by atoms with Gasteiger partial charge in [0.15, 0.2) is 18.1 Å². The fourth-order valence-corrected chi connectivity index (χ4v) is 2.33. The van der Waals surface area contributed by atoms with Crippen LogP contribution in [0.3, 0.4) is 0 Å². The molecule has 0 bridgehead atoms. The first-order chi connectivity index (χ1) is 12.5. The molecule has 0 unspecified atom stereocenters. The topological polar surface area (TPSA) is 73.9 Å². The summed E-state index contributed by atoms with van der Waals surface area (Å²) in [5.41, 5.74) is -0.309. The highest BCUT2D eigenvalue weighted by Gasteiger charge is 2.21. The number of rotatable bonds is 5. The Morgan fingerprint density at radius 1 is 1.12 bits per heavy atom. The highest BCUT2D eigenvalue weighted by Crippen LogP contribution is 2.30. The lowest BCUT2D eigenvalue weighted by Crippen LogP contribution is -2.42. The summed E-state index contributed by atoms with van der Waals surface area (Å²) in [6.45, 7) is -0.167. The maximum Gasteiger partial charge on any atom is 0.338 e. The molecule has 2 aromatic carbocycles. The molecule has 0 saturated carbocycles. The number of benzene rings is 2. The van der Waals surface area contributed by atoms with Gasteiger partial charge in [-0.25, -0.2) is 13.6 Å². The van der Waals surface area contributed by atoms with Gasteiger partial charge in [-0.05, 0) is 24.3 Å². The van der Waals surface area contributed by atoms with Crippen LogP contribution in [0.1, 0.15) is 10.4 Å². The summed E-state index contributed by atoms with van der Waals surface area (Å²) in [7, 11) is 0. The van der Waals surface area contributed by atoms with Gasteiger partial charge in [-0.1, -0.05) is 12.1 Å². The van der Waals surface area contributed by atoms with Gasteiger partial charge in [0.25, 0.3) is 5.91 Å². The Balaban J connectivity index is 1.44. The highest BCUT2D eigenvalue weighted by molar-refractivity contribution is 5.91. The normalized spacial score (nSPS) is 15.2. The number of para-hydroxylation sites is 2. The van der Waals surface area contributed by atoms with Crippen molar-refractivity contribution in [3.63, 3.8) is 0 Å². The zero-order valence-electron chi connectivity index (χ0n) is 13.5. The van der Waals surface area contributed by atoms with E-state index in [1.54, 1.807) is 18.2 Å². The maximum absolute atomic E-state index is 13.1. The lowest BCUT2D eigenvalue weighted by molar-refractivity contribution is -0.124. The molecule has 136 valence electrons. The summed E-state index contributed by atoms with van der Waals surface area (Å²) < 4.78 is 42.1. The van der Waals surface area contributed by atoms with E-state index < -0.39 is 30.1 Å². The monoisotopic (exact) mass is 363 g/mol. The van der Waals surface area contributed by atoms with Gasteiger partial charge in [0.05, 0.1) is 12.1 Å². The SMILES string of the molecule is O=C(COC(=O)c1cc(F)cc(F)c1)NC[C@@H]1COc2ccccc2O1. The summed E-state index contributed by atoms with van der Waals surface area (Å²) in [6, 6.07) is 9.44. The highest BCUT2D eigenvalue weighted by atomic mass is 19.1. The van der Waals surface area contributed by atoms with Gasteiger partial charge in [-0.3, -0.25) is 4.79 Å². The molecule has 0 radical (unpaired) electrons. The van der Waals surface area contributed by atoms with Crippen molar-refractivity contribution < 1.29 is 32.6 Å². The van der Waals surface area contributed by atoms with Crippen LogP contribution in [0.5, 0.6) is 11.5 Å². The van der Waals surface area contributed by atoms with Crippen LogP contribution in [0.2, 0.25) is 0 Å². The van der Waals surface area contributed by atoms with Crippen LogP contribution in [0.15, 0.2) is 42.5 Å². The van der Waals surface area contributed by atoms with E-state index >= 15 is 0 Å². The van der Waals surface area contributed by atoms with Crippen molar-refractivity contribution in [1.29, 1.82) is 0 Å². The minimum atomic E-state index is -0.996. The van der Waals surface area contributed by atoms with Crippen LogP contribution in [-0.2, 0) is 9.53 Å². The molecule has 1 amide bonds. The maximum atomic E-state index is 13.1. The predicted octanol–water partition coefficient (Wildman–Crippen LogP) is 2.08. The minimum Gasteiger partial charge on any atom is -0.486 e. The van der Waals surface area contributed by atoms with Crippen LogP contribution in [0.4, 0.5) is 8.78 Å². The Kier molecular flexibility index (Phi) is 5.31. The molecule has 8 heteroatoms. The van der Waals surface area contributed by atoms with Crippen molar-refractivity contribution in [2.45, 2.75) is 6.10 Å². The summed E-state index contributed by atoms with van der Waals surface area (Å²) in [4.78, 5) is 23.5. The largest absolute Gasteiger partial charge is 0.486 e. The number of nitrogens with one attached hydrogen (secondary N) is 1. The third kappa shape index (κ3) is 4.47. The van der Waals surface area contributed by atoms with Gasteiger partial charge < -0.3 is 19.5 Å². The second kappa shape index (κ2) is 7.81. The van der Waals surface area contributed by atoms with Gasteiger partial charge >= 0.3 is 5.97 Å². The van der Waals surface area contributed by atoms with Crippen molar-refractivity contribution in [3.8, 4) is 11.5 Å². The summed E-state index contributed by atoms with van der Waals surface area (Å²) in [6.07, 6.45) is -0.387. The zero-order valence-corrected chi connectivity index (χ0v) is 13.5. The van der Waals surface area contributed by atoms with E-state index in [1.165, 1.54) is 0 Å². The number of carbonyl (C=O) groups is 2. The third-order valence-electron chi connectivity index (χ3n) is 3.53. The fourth-order valence-electron chi connectivity index (χ4n) is 2.33. The zero-order chi connectivity index (χ0) is 18.5. The second-order valence-corrected chi connectivity index (χ2v) is 5.54.